The lowest BCUT2D eigenvalue weighted by molar-refractivity contribution is -0.137. The second-order valence-corrected chi connectivity index (χ2v) is 3.14. The highest BCUT2D eigenvalue weighted by Crippen LogP contribution is 2.35. The molecule has 0 atom stereocenters. The van der Waals surface area contributed by atoms with Crippen molar-refractivity contribution in [3.63, 3.8) is 0 Å². The molecule has 0 saturated heterocycles. The second-order valence-electron chi connectivity index (χ2n) is 3.14. The maximum atomic E-state index is 13.1. The van der Waals surface area contributed by atoms with Gasteiger partial charge >= 0.3 is 6.18 Å². The first-order valence-corrected chi connectivity index (χ1v) is 4.33. The van der Waals surface area contributed by atoms with Crippen LogP contribution in [-0.4, -0.2) is 0 Å². The van der Waals surface area contributed by atoms with Gasteiger partial charge in [0.15, 0.2) is 0 Å². The van der Waals surface area contributed by atoms with Gasteiger partial charge in [0.05, 0.1) is 5.56 Å². The van der Waals surface area contributed by atoms with E-state index < -0.39 is 29.6 Å². The predicted molar refractivity (Wildman–Crippen MR) is 45.6 cm³/mol. The summed E-state index contributed by atoms with van der Waals surface area (Å²) >= 11 is 0. The minimum absolute atomic E-state index is 0.490. The van der Waals surface area contributed by atoms with E-state index in [1.54, 1.807) is 0 Å². The lowest BCUT2D eigenvalue weighted by atomic mass is 10.0. The lowest BCUT2D eigenvalue weighted by Crippen LogP contribution is -2.13. The van der Waals surface area contributed by atoms with Crippen molar-refractivity contribution >= 4 is 0 Å². The zero-order valence-corrected chi connectivity index (χ0v) is 7.91. The molecule has 0 heterocycles. The largest absolute Gasteiger partial charge is 0.416 e. The minimum Gasteiger partial charge on any atom is -0.201 e. The summed E-state index contributed by atoms with van der Waals surface area (Å²) in [6.07, 6.45) is -5.10. The third-order valence-electron chi connectivity index (χ3n) is 2.06. The number of hydrogen-bond acceptors (Lipinski definition) is 0. The molecule has 0 radical (unpaired) electrons. The average molecular weight is 224 g/mol. The van der Waals surface area contributed by atoms with Gasteiger partial charge in [-0.2, -0.15) is 13.2 Å². The fourth-order valence-electron chi connectivity index (χ4n) is 1.13. The summed E-state index contributed by atoms with van der Waals surface area (Å²) in [5.41, 5.74) is -1.65. The van der Waals surface area contributed by atoms with Crippen LogP contribution in [0.15, 0.2) is 24.3 Å². The van der Waals surface area contributed by atoms with Crippen LogP contribution >= 0.6 is 0 Å². The van der Waals surface area contributed by atoms with E-state index in [1.165, 1.54) is 6.92 Å². The first kappa shape index (κ1) is 11.9. The molecule has 15 heavy (non-hydrogen) atoms. The lowest BCUT2D eigenvalue weighted by Gasteiger charge is -2.16. The fraction of sp³-hybridized carbons (Fsp3) is 0.400. The van der Waals surface area contributed by atoms with Crippen molar-refractivity contribution in [2.75, 3.05) is 0 Å². The molecular formula is C10H9F5. The van der Waals surface area contributed by atoms with Crippen LogP contribution in [0.4, 0.5) is 22.0 Å². The monoisotopic (exact) mass is 224 g/mol. The molecule has 0 bridgehead atoms. The molecule has 0 aliphatic rings. The van der Waals surface area contributed by atoms with Gasteiger partial charge in [0.25, 0.3) is 5.92 Å². The molecule has 0 aromatic heterocycles. The first-order valence-electron chi connectivity index (χ1n) is 4.33. The van der Waals surface area contributed by atoms with Crippen LogP contribution in [-0.2, 0) is 12.1 Å². The molecule has 0 unspecified atom stereocenters. The molecule has 1 aromatic carbocycles. The smallest absolute Gasteiger partial charge is 0.201 e. The molecule has 0 aliphatic carbocycles. The van der Waals surface area contributed by atoms with E-state index in [0.717, 1.165) is 18.2 Å². The molecule has 0 fully saturated rings. The van der Waals surface area contributed by atoms with Crippen molar-refractivity contribution in [3.05, 3.63) is 35.4 Å². The summed E-state index contributed by atoms with van der Waals surface area (Å²) in [5.74, 6) is -3.21. The number of halogens is 5. The Bertz CT molecular complexity index is 340. The summed E-state index contributed by atoms with van der Waals surface area (Å²) in [7, 11) is 0. The highest BCUT2D eigenvalue weighted by atomic mass is 19.4. The fourth-order valence-corrected chi connectivity index (χ4v) is 1.13. The quantitative estimate of drug-likeness (QED) is 0.660. The van der Waals surface area contributed by atoms with Crippen molar-refractivity contribution in [2.24, 2.45) is 0 Å². The van der Waals surface area contributed by atoms with Gasteiger partial charge in [0, 0.05) is 12.0 Å². The van der Waals surface area contributed by atoms with E-state index >= 15 is 0 Å². The van der Waals surface area contributed by atoms with Gasteiger partial charge in [-0.3, -0.25) is 0 Å². The Morgan fingerprint density at radius 3 is 2.00 bits per heavy atom. The summed E-state index contributed by atoms with van der Waals surface area (Å²) in [6.45, 7) is 1.22. The van der Waals surface area contributed by atoms with Crippen molar-refractivity contribution in [1.29, 1.82) is 0 Å². The van der Waals surface area contributed by atoms with E-state index in [9.17, 15) is 22.0 Å². The molecule has 0 N–H and O–H groups in total. The van der Waals surface area contributed by atoms with Gasteiger partial charge in [0.2, 0.25) is 0 Å². The zero-order valence-electron chi connectivity index (χ0n) is 7.91. The Labute approximate surface area is 83.7 Å². The molecule has 0 aliphatic heterocycles. The van der Waals surface area contributed by atoms with Crippen LogP contribution in [0.2, 0.25) is 0 Å². The van der Waals surface area contributed by atoms with E-state index in [2.05, 4.69) is 0 Å². The van der Waals surface area contributed by atoms with Crippen LogP contribution in [0.5, 0.6) is 0 Å². The molecule has 0 spiro atoms. The van der Waals surface area contributed by atoms with E-state index in [-0.39, 0.29) is 0 Å². The normalized spacial score (nSPS) is 12.9. The molecule has 84 valence electrons. The standard InChI is InChI=1S/C10H9F5/c1-2-9(11,12)7-4-3-5-8(6-7)10(13,14)15/h3-6H,2H2,1H3. The Morgan fingerprint density at radius 1 is 1.00 bits per heavy atom. The van der Waals surface area contributed by atoms with Crippen LogP contribution in [0.25, 0.3) is 0 Å². The van der Waals surface area contributed by atoms with Gasteiger partial charge in [-0.05, 0) is 12.1 Å². The average Bonchev–Trinajstić information content (AvgIpc) is 2.17. The third-order valence-corrected chi connectivity index (χ3v) is 2.06. The number of hydrogen-bond donors (Lipinski definition) is 0. The maximum Gasteiger partial charge on any atom is 0.416 e. The highest BCUT2D eigenvalue weighted by molar-refractivity contribution is 5.28. The molecule has 1 rings (SSSR count). The van der Waals surface area contributed by atoms with E-state index in [4.69, 9.17) is 0 Å². The van der Waals surface area contributed by atoms with Crippen molar-refractivity contribution in [3.8, 4) is 0 Å². The molecule has 0 saturated carbocycles. The summed E-state index contributed by atoms with van der Waals surface area (Å²) in [5, 5.41) is 0. The number of alkyl halides is 5. The summed E-state index contributed by atoms with van der Waals surface area (Å²) in [6, 6.07) is 3.25. The Kier molecular flexibility index (Phi) is 3.02. The van der Waals surface area contributed by atoms with Crippen LogP contribution in [0, 0.1) is 0 Å². The Hall–Kier alpha value is -1.13. The van der Waals surface area contributed by atoms with Gasteiger partial charge in [0.1, 0.15) is 0 Å². The van der Waals surface area contributed by atoms with Crippen LogP contribution in [0.3, 0.4) is 0 Å². The first-order chi connectivity index (χ1) is 6.77. The maximum absolute atomic E-state index is 13.1. The van der Waals surface area contributed by atoms with Crippen LogP contribution in [0.1, 0.15) is 24.5 Å². The summed E-state index contributed by atoms with van der Waals surface area (Å²) in [4.78, 5) is 0. The van der Waals surface area contributed by atoms with Crippen molar-refractivity contribution < 1.29 is 22.0 Å². The van der Waals surface area contributed by atoms with Gasteiger partial charge < -0.3 is 0 Å². The Morgan fingerprint density at radius 2 is 1.53 bits per heavy atom. The molecule has 5 heteroatoms. The zero-order chi connectivity index (χ0) is 11.7. The van der Waals surface area contributed by atoms with Crippen LogP contribution < -0.4 is 0 Å². The van der Waals surface area contributed by atoms with Crippen molar-refractivity contribution in [1.82, 2.24) is 0 Å². The van der Waals surface area contributed by atoms with E-state index in [0.29, 0.717) is 6.07 Å². The summed E-state index contributed by atoms with van der Waals surface area (Å²) < 4.78 is 62.8. The molecule has 1 aromatic rings. The minimum atomic E-state index is -4.58. The predicted octanol–water partition coefficient (Wildman–Crippen LogP) is 4.21. The van der Waals surface area contributed by atoms with Crippen molar-refractivity contribution in [2.45, 2.75) is 25.4 Å². The van der Waals surface area contributed by atoms with Gasteiger partial charge in [-0.15, -0.1) is 0 Å². The van der Waals surface area contributed by atoms with E-state index in [1.807, 2.05) is 0 Å². The Balaban J connectivity index is 3.14. The van der Waals surface area contributed by atoms with Gasteiger partial charge in [-0.1, -0.05) is 19.1 Å². The molecule has 0 nitrogen and oxygen atoms in total. The number of rotatable bonds is 2. The number of benzene rings is 1. The SMILES string of the molecule is CCC(F)(F)c1cccc(C(F)(F)F)c1. The topological polar surface area (TPSA) is 0 Å². The highest BCUT2D eigenvalue weighted by Gasteiger charge is 2.34. The molecule has 0 amide bonds. The molecular weight excluding hydrogens is 215 g/mol. The van der Waals surface area contributed by atoms with Gasteiger partial charge in [-0.25, -0.2) is 8.78 Å². The second kappa shape index (κ2) is 3.79. The third kappa shape index (κ3) is 2.67.